The van der Waals surface area contributed by atoms with E-state index >= 15 is 0 Å². The molecule has 0 bridgehead atoms. The van der Waals surface area contributed by atoms with E-state index in [4.69, 9.17) is 0 Å². The van der Waals surface area contributed by atoms with Crippen molar-refractivity contribution in [3.63, 3.8) is 0 Å². The minimum absolute atomic E-state index is 0.752. The highest BCUT2D eigenvalue weighted by molar-refractivity contribution is 9.10. The average Bonchev–Trinajstić information content (AvgIpc) is 2.99. The molecule has 0 amide bonds. The van der Waals surface area contributed by atoms with E-state index in [1.165, 1.54) is 5.56 Å². The second kappa shape index (κ2) is 6.65. The van der Waals surface area contributed by atoms with Crippen LogP contribution in [0.25, 0.3) is 11.3 Å². The topological polar surface area (TPSA) is 53.6 Å². The van der Waals surface area contributed by atoms with E-state index < -0.39 is 0 Å². The first-order valence-corrected chi connectivity index (χ1v) is 7.50. The van der Waals surface area contributed by atoms with Gasteiger partial charge < -0.3 is 5.32 Å². The molecule has 4 nitrogen and oxygen atoms in total. The van der Waals surface area contributed by atoms with Gasteiger partial charge in [-0.2, -0.15) is 5.10 Å². The Morgan fingerprint density at radius 1 is 1.00 bits per heavy atom. The lowest BCUT2D eigenvalue weighted by atomic mass is 10.1. The Labute approximate surface area is 131 Å². The number of aromatic amines is 1. The highest BCUT2D eigenvalue weighted by atomic mass is 79.9. The van der Waals surface area contributed by atoms with Crippen LogP contribution in [0, 0.1) is 0 Å². The van der Waals surface area contributed by atoms with Crippen LogP contribution in [0.2, 0.25) is 0 Å². The van der Waals surface area contributed by atoms with Crippen LogP contribution in [0.5, 0.6) is 0 Å². The third kappa shape index (κ3) is 3.37. The molecule has 0 saturated heterocycles. The molecular weight excluding hydrogens is 328 g/mol. The largest absolute Gasteiger partial charge is 0.308 e. The fraction of sp³-hybridized carbons (Fsp3) is 0.125. The number of pyridine rings is 1. The zero-order chi connectivity index (χ0) is 14.5. The van der Waals surface area contributed by atoms with E-state index in [0.29, 0.717) is 0 Å². The van der Waals surface area contributed by atoms with E-state index in [-0.39, 0.29) is 0 Å². The summed E-state index contributed by atoms with van der Waals surface area (Å²) in [6, 6.07) is 12.2. The molecule has 2 N–H and O–H groups in total. The maximum Gasteiger partial charge on any atom is 0.0710 e. The van der Waals surface area contributed by atoms with Gasteiger partial charge in [0.15, 0.2) is 0 Å². The van der Waals surface area contributed by atoms with Gasteiger partial charge in [-0.3, -0.25) is 10.1 Å². The molecule has 0 saturated carbocycles. The second-order valence-corrected chi connectivity index (χ2v) is 5.56. The van der Waals surface area contributed by atoms with Crippen molar-refractivity contribution in [2.45, 2.75) is 13.1 Å². The minimum Gasteiger partial charge on any atom is -0.308 e. The van der Waals surface area contributed by atoms with Crippen LogP contribution < -0.4 is 5.32 Å². The molecule has 0 radical (unpaired) electrons. The van der Waals surface area contributed by atoms with Crippen molar-refractivity contribution >= 4 is 15.9 Å². The molecule has 0 atom stereocenters. The van der Waals surface area contributed by atoms with E-state index in [1.807, 2.05) is 36.7 Å². The number of nitrogens with zero attached hydrogens (tertiary/aromatic N) is 2. The summed E-state index contributed by atoms with van der Waals surface area (Å²) in [6.45, 7) is 1.56. The SMILES string of the molecule is Brc1ccccc1CNCc1cn[nH]c1-c1cccnc1. The van der Waals surface area contributed by atoms with Crippen molar-refractivity contribution in [2.24, 2.45) is 0 Å². The molecule has 2 heterocycles. The van der Waals surface area contributed by atoms with Crippen molar-refractivity contribution < 1.29 is 0 Å². The summed E-state index contributed by atoms with van der Waals surface area (Å²) in [5.41, 5.74) is 4.44. The lowest BCUT2D eigenvalue weighted by Crippen LogP contribution is -2.13. The molecule has 3 aromatic rings. The fourth-order valence-corrected chi connectivity index (χ4v) is 2.60. The number of H-pyrrole nitrogens is 1. The minimum atomic E-state index is 0.752. The molecule has 106 valence electrons. The predicted octanol–water partition coefficient (Wildman–Crippen LogP) is 3.52. The molecule has 0 fully saturated rings. The summed E-state index contributed by atoms with van der Waals surface area (Å²) in [5, 5.41) is 10.6. The summed E-state index contributed by atoms with van der Waals surface area (Å²) in [6.07, 6.45) is 5.46. The maximum atomic E-state index is 4.15. The van der Waals surface area contributed by atoms with Crippen LogP contribution in [-0.4, -0.2) is 15.2 Å². The van der Waals surface area contributed by atoms with Gasteiger partial charge >= 0.3 is 0 Å². The quantitative estimate of drug-likeness (QED) is 0.745. The lowest BCUT2D eigenvalue weighted by molar-refractivity contribution is 0.692. The Bertz CT molecular complexity index is 709. The number of hydrogen-bond acceptors (Lipinski definition) is 3. The molecule has 0 aliphatic carbocycles. The van der Waals surface area contributed by atoms with Crippen LogP contribution >= 0.6 is 15.9 Å². The van der Waals surface area contributed by atoms with Crippen molar-refractivity contribution in [3.05, 3.63) is 70.6 Å². The van der Waals surface area contributed by atoms with Gasteiger partial charge in [0.1, 0.15) is 0 Å². The monoisotopic (exact) mass is 342 g/mol. The average molecular weight is 343 g/mol. The molecule has 5 heteroatoms. The van der Waals surface area contributed by atoms with Gasteiger partial charge in [-0.1, -0.05) is 34.1 Å². The molecule has 0 unspecified atom stereocenters. The van der Waals surface area contributed by atoms with Crippen LogP contribution in [0.15, 0.2) is 59.5 Å². The number of benzene rings is 1. The predicted molar refractivity (Wildman–Crippen MR) is 86.5 cm³/mol. The summed E-state index contributed by atoms with van der Waals surface area (Å²) in [7, 11) is 0. The number of nitrogens with one attached hydrogen (secondary N) is 2. The Kier molecular flexibility index (Phi) is 4.43. The van der Waals surface area contributed by atoms with Crippen molar-refractivity contribution in [1.29, 1.82) is 0 Å². The van der Waals surface area contributed by atoms with Crippen molar-refractivity contribution in [3.8, 4) is 11.3 Å². The zero-order valence-corrected chi connectivity index (χ0v) is 13.0. The van der Waals surface area contributed by atoms with E-state index in [0.717, 1.165) is 34.4 Å². The fourth-order valence-electron chi connectivity index (χ4n) is 2.18. The van der Waals surface area contributed by atoms with Crippen LogP contribution in [0.1, 0.15) is 11.1 Å². The summed E-state index contributed by atoms with van der Waals surface area (Å²) < 4.78 is 1.12. The second-order valence-electron chi connectivity index (χ2n) is 4.71. The van der Waals surface area contributed by atoms with E-state index in [1.54, 1.807) is 6.20 Å². The number of rotatable bonds is 5. The zero-order valence-electron chi connectivity index (χ0n) is 11.4. The molecule has 0 aliphatic heterocycles. The van der Waals surface area contributed by atoms with Gasteiger partial charge in [0.05, 0.1) is 11.9 Å². The Hall–Kier alpha value is -1.98. The van der Waals surface area contributed by atoms with Gasteiger partial charge in [0.2, 0.25) is 0 Å². The Morgan fingerprint density at radius 3 is 2.67 bits per heavy atom. The summed E-state index contributed by atoms with van der Waals surface area (Å²) >= 11 is 3.56. The normalized spacial score (nSPS) is 10.7. The van der Waals surface area contributed by atoms with Gasteiger partial charge in [-0.15, -0.1) is 0 Å². The first kappa shape index (κ1) is 14.0. The number of aromatic nitrogens is 3. The highest BCUT2D eigenvalue weighted by Crippen LogP contribution is 2.20. The first-order chi connectivity index (χ1) is 10.3. The molecular formula is C16H15BrN4. The first-order valence-electron chi connectivity index (χ1n) is 6.71. The summed E-state index contributed by atoms with van der Waals surface area (Å²) in [5.74, 6) is 0. The van der Waals surface area contributed by atoms with Gasteiger partial charge in [0, 0.05) is 41.1 Å². The van der Waals surface area contributed by atoms with Gasteiger partial charge in [-0.25, -0.2) is 0 Å². The van der Waals surface area contributed by atoms with Crippen LogP contribution in [0.3, 0.4) is 0 Å². The van der Waals surface area contributed by atoms with E-state index in [2.05, 4.69) is 48.6 Å². The summed E-state index contributed by atoms with van der Waals surface area (Å²) in [4.78, 5) is 4.15. The maximum absolute atomic E-state index is 4.15. The molecule has 0 spiro atoms. The third-order valence-electron chi connectivity index (χ3n) is 3.26. The number of halogens is 1. The van der Waals surface area contributed by atoms with Gasteiger partial charge in [0.25, 0.3) is 0 Å². The highest BCUT2D eigenvalue weighted by Gasteiger charge is 2.07. The molecule has 1 aromatic carbocycles. The van der Waals surface area contributed by atoms with E-state index in [9.17, 15) is 0 Å². The molecule has 3 rings (SSSR count). The molecule has 21 heavy (non-hydrogen) atoms. The third-order valence-corrected chi connectivity index (χ3v) is 4.03. The molecule has 2 aromatic heterocycles. The van der Waals surface area contributed by atoms with Crippen molar-refractivity contribution in [1.82, 2.24) is 20.5 Å². The van der Waals surface area contributed by atoms with Crippen molar-refractivity contribution in [2.75, 3.05) is 0 Å². The van der Waals surface area contributed by atoms with Gasteiger partial charge in [-0.05, 0) is 23.8 Å². The van der Waals surface area contributed by atoms with Crippen LogP contribution in [-0.2, 0) is 13.1 Å². The smallest absolute Gasteiger partial charge is 0.0710 e. The van der Waals surface area contributed by atoms with Crippen LogP contribution in [0.4, 0.5) is 0 Å². The standard InChI is InChI=1S/C16H15BrN4/c17-15-6-2-1-4-12(15)8-19-10-14-11-20-21-16(14)13-5-3-7-18-9-13/h1-7,9,11,19H,8,10H2,(H,20,21). The Balaban J connectivity index is 1.67. The molecule has 0 aliphatic rings. The lowest BCUT2D eigenvalue weighted by Gasteiger charge is -2.07. The Morgan fingerprint density at radius 2 is 1.86 bits per heavy atom. The number of hydrogen-bond donors (Lipinski definition) is 2.